The number of alkyl halides is 3. The van der Waals surface area contributed by atoms with E-state index in [4.69, 9.17) is 4.74 Å². The highest BCUT2D eigenvalue weighted by Crippen LogP contribution is 2.33. The fourth-order valence-electron chi connectivity index (χ4n) is 4.47. The van der Waals surface area contributed by atoms with E-state index in [9.17, 15) is 18.0 Å². The van der Waals surface area contributed by atoms with E-state index in [-0.39, 0.29) is 37.2 Å². The number of rotatable bonds is 7. The minimum absolute atomic E-state index is 0.0191. The summed E-state index contributed by atoms with van der Waals surface area (Å²) < 4.78 is 48.7. The van der Waals surface area contributed by atoms with E-state index in [1.165, 1.54) is 23.6 Å². The number of carbonyl (C=O) groups is 1. The zero-order chi connectivity index (χ0) is 25.4. The molecule has 1 aromatic carbocycles. The SMILES string of the molecule is COc1nc(N[C@H]2CCN(C(C)=O)C[C@H]2F)nn2ccc(-c3ccc4nnn(CCC(F)F)c4c3)c12. The van der Waals surface area contributed by atoms with Crippen molar-refractivity contribution in [3.8, 4) is 17.0 Å². The van der Waals surface area contributed by atoms with Crippen LogP contribution in [0.1, 0.15) is 19.8 Å². The fraction of sp³-hybridized carbons (Fsp3) is 0.435. The van der Waals surface area contributed by atoms with Gasteiger partial charge < -0.3 is 15.0 Å². The Hall–Kier alpha value is -3.90. The second kappa shape index (κ2) is 9.63. The molecule has 0 aliphatic carbocycles. The maximum absolute atomic E-state index is 14.7. The molecule has 0 saturated carbocycles. The Morgan fingerprint density at radius 2 is 2.14 bits per heavy atom. The number of methoxy groups -OCH3 is 1. The molecule has 190 valence electrons. The molecule has 10 nitrogen and oxygen atoms in total. The van der Waals surface area contributed by atoms with Crippen LogP contribution in [-0.2, 0) is 11.3 Å². The van der Waals surface area contributed by atoms with Crippen LogP contribution >= 0.6 is 0 Å². The Kier molecular flexibility index (Phi) is 6.37. The van der Waals surface area contributed by atoms with E-state index in [1.54, 1.807) is 16.8 Å². The number of likely N-dealkylation sites (tertiary alicyclic amines) is 1. The highest BCUT2D eigenvalue weighted by atomic mass is 19.3. The number of aryl methyl sites for hydroxylation is 1. The van der Waals surface area contributed by atoms with Gasteiger partial charge in [-0.2, -0.15) is 4.98 Å². The number of aromatic nitrogens is 6. The lowest BCUT2D eigenvalue weighted by Crippen LogP contribution is -2.49. The van der Waals surface area contributed by atoms with Crippen molar-refractivity contribution in [1.29, 1.82) is 0 Å². The Balaban J connectivity index is 1.45. The van der Waals surface area contributed by atoms with Crippen LogP contribution in [0.15, 0.2) is 30.5 Å². The van der Waals surface area contributed by atoms with Crippen LogP contribution in [0.5, 0.6) is 5.88 Å². The number of carbonyl (C=O) groups excluding carboxylic acids is 1. The summed E-state index contributed by atoms with van der Waals surface area (Å²) in [6, 6.07) is 6.76. The number of benzene rings is 1. The molecule has 0 bridgehead atoms. The molecular weight excluding hydrogens is 477 g/mol. The van der Waals surface area contributed by atoms with Crippen molar-refractivity contribution in [3.05, 3.63) is 30.5 Å². The van der Waals surface area contributed by atoms with Gasteiger partial charge in [-0.05, 0) is 30.2 Å². The standard InChI is InChI=1S/C23H25F3N8O2/c1-13(35)32-8-6-17(16(24)12-32)27-23-28-22(36-2)21-15(5-9-34(21)30-23)14-3-4-18-19(11-14)33(31-29-18)10-7-20(25)26/h3-5,9,11,16-17,20H,6-8,10,12H2,1-2H3,(H,27,30)/t16-,17+/m1/s1. The second-order valence-electron chi connectivity index (χ2n) is 8.68. The Morgan fingerprint density at radius 3 is 2.86 bits per heavy atom. The van der Waals surface area contributed by atoms with Crippen molar-refractivity contribution in [2.24, 2.45) is 0 Å². The number of anilines is 1. The number of hydrogen-bond acceptors (Lipinski definition) is 7. The summed E-state index contributed by atoms with van der Waals surface area (Å²) in [4.78, 5) is 17.5. The van der Waals surface area contributed by atoms with E-state index >= 15 is 0 Å². The van der Waals surface area contributed by atoms with Crippen LogP contribution < -0.4 is 10.1 Å². The largest absolute Gasteiger partial charge is 0.479 e. The molecule has 1 amide bonds. The van der Waals surface area contributed by atoms with Gasteiger partial charge in [-0.1, -0.05) is 11.3 Å². The van der Waals surface area contributed by atoms with Crippen molar-refractivity contribution >= 4 is 28.4 Å². The van der Waals surface area contributed by atoms with Crippen LogP contribution in [0.25, 0.3) is 27.7 Å². The zero-order valence-corrected chi connectivity index (χ0v) is 19.7. The molecule has 5 rings (SSSR count). The van der Waals surface area contributed by atoms with Gasteiger partial charge in [0.1, 0.15) is 17.2 Å². The summed E-state index contributed by atoms with van der Waals surface area (Å²) in [6.45, 7) is 1.95. The van der Waals surface area contributed by atoms with Crippen molar-refractivity contribution in [3.63, 3.8) is 0 Å². The molecule has 0 unspecified atom stereocenters. The van der Waals surface area contributed by atoms with Crippen molar-refractivity contribution in [1.82, 2.24) is 34.5 Å². The summed E-state index contributed by atoms with van der Waals surface area (Å²) in [6.07, 6.45) is -1.84. The summed E-state index contributed by atoms with van der Waals surface area (Å²) in [5.41, 5.74) is 3.38. The number of nitrogens with one attached hydrogen (secondary N) is 1. The summed E-state index contributed by atoms with van der Waals surface area (Å²) in [7, 11) is 1.48. The third-order valence-corrected chi connectivity index (χ3v) is 6.36. The lowest BCUT2D eigenvalue weighted by molar-refractivity contribution is -0.131. The van der Waals surface area contributed by atoms with Gasteiger partial charge in [0.2, 0.25) is 24.2 Å². The third kappa shape index (κ3) is 4.52. The smallest absolute Gasteiger partial charge is 0.244 e. The number of piperidine rings is 1. The van der Waals surface area contributed by atoms with Crippen LogP contribution in [0.3, 0.4) is 0 Å². The molecule has 13 heteroatoms. The first-order chi connectivity index (χ1) is 17.3. The molecule has 1 fully saturated rings. The number of ether oxygens (including phenoxy) is 1. The second-order valence-corrected chi connectivity index (χ2v) is 8.68. The molecule has 1 aliphatic heterocycles. The molecule has 3 aromatic heterocycles. The van der Waals surface area contributed by atoms with Gasteiger partial charge in [0, 0.05) is 38.2 Å². The molecule has 1 saturated heterocycles. The van der Waals surface area contributed by atoms with Crippen LogP contribution in [0.2, 0.25) is 0 Å². The lowest BCUT2D eigenvalue weighted by atomic mass is 10.0. The van der Waals surface area contributed by atoms with Gasteiger partial charge in [0.25, 0.3) is 0 Å². The maximum atomic E-state index is 14.7. The molecule has 2 atom stereocenters. The first-order valence-corrected chi connectivity index (χ1v) is 11.6. The first kappa shape index (κ1) is 23.8. The van der Waals surface area contributed by atoms with Gasteiger partial charge in [0.05, 0.1) is 25.2 Å². The molecular formula is C23H25F3N8O2. The number of halogens is 3. The van der Waals surface area contributed by atoms with E-state index in [0.717, 1.165) is 11.1 Å². The zero-order valence-electron chi connectivity index (χ0n) is 19.7. The van der Waals surface area contributed by atoms with Gasteiger partial charge in [0.15, 0.2) is 0 Å². The van der Waals surface area contributed by atoms with Gasteiger partial charge in [-0.25, -0.2) is 22.4 Å². The normalized spacial score (nSPS) is 18.3. The Bertz CT molecular complexity index is 1410. The monoisotopic (exact) mass is 502 g/mol. The molecule has 0 radical (unpaired) electrons. The topological polar surface area (TPSA) is 102 Å². The summed E-state index contributed by atoms with van der Waals surface area (Å²) in [5.74, 6) is 0.338. The van der Waals surface area contributed by atoms with Gasteiger partial charge in [-0.15, -0.1) is 10.2 Å². The molecule has 1 aliphatic rings. The van der Waals surface area contributed by atoms with Gasteiger partial charge in [-0.3, -0.25) is 4.79 Å². The van der Waals surface area contributed by atoms with Crippen LogP contribution in [-0.4, -0.2) is 79.2 Å². The quantitative estimate of drug-likeness (QED) is 0.414. The van der Waals surface area contributed by atoms with Crippen LogP contribution in [0.4, 0.5) is 19.1 Å². The molecule has 36 heavy (non-hydrogen) atoms. The lowest BCUT2D eigenvalue weighted by Gasteiger charge is -2.34. The Labute approximate surface area is 204 Å². The fourth-order valence-corrected chi connectivity index (χ4v) is 4.47. The number of hydrogen-bond donors (Lipinski definition) is 1. The number of fused-ring (bicyclic) bond motifs is 2. The minimum Gasteiger partial charge on any atom is -0.479 e. The highest BCUT2D eigenvalue weighted by Gasteiger charge is 2.31. The van der Waals surface area contributed by atoms with Crippen LogP contribution in [0, 0.1) is 0 Å². The summed E-state index contributed by atoms with van der Waals surface area (Å²) >= 11 is 0. The predicted molar refractivity (Wildman–Crippen MR) is 126 cm³/mol. The minimum atomic E-state index is -2.43. The molecule has 4 aromatic rings. The number of nitrogens with zero attached hydrogens (tertiary/aromatic N) is 7. The average molecular weight is 503 g/mol. The van der Waals surface area contributed by atoms with Crippen molar-refractivity contribution in [2.45, 2.75) is 44.9 Å². The van der Waals surface area contributed by atoms with Gasteiger partial charge >= 0.3 is 0 Å². The predicted octanol–water partition coefficient (Wildman–Crippen LogP) is 3.18. The van der Waals surface area contributed by atoms with Crippen molar-refractivity contribution < 1.29 is 22.7 Å². The molecule has 0 spiro atoms. The highest BCUT2D eigenvalue weighted by molar-refractivity contribution is 5.89. The van der Waals surface area contributed by atoms with E-state index < -0.39 is 18.6 Å². The van der Waals surface area contributed by atoms with E-state index in [1.807, 2.05) is 18.2 Å². The van der Waals surface area contributed by atoms with E-state index in [2.05, 4.69) is 25.7 Å². The molecule has 4 heterocycles. The maximum Gasteiger partial charge on any atom is 0.244 e. The van der Waals surface area contributed by atoms with E-state index in [0.29, 0.717) is 29.5 Å². The van der Waals surface area contributed by atoms with Crippen molar-refractivity contribution in [2.75, 3.05) is 25.5 Å². The third-order valence-electron chi connectivity index (χ3n) is 6.36. The molecule has 1 N–H and O–H groups in total. The Morgan fingerprint density at radius 1 is 1.31 bits per heavy atom. The number of amides is 1. The first-order valence-electron chi connectivity index (χ1n) is 11.6. The average Bonchev–Trinajstić information content (AvgIpc) is 3.47. The summed E-state index contributed by atoms with van der Waals surface area (Å²) in [5, 5.41) is 15.6.